The molecule has 0 radical (unpaired) electrons. The molecule has 1 aromatic rings. The van der Waals surface area contributed by atoms with E-state index >= 15 is 0 Å². The van der Waals surface area contributed by atoms with Crippen molar-refractivity contribution in [2.45, 2.75) is 26.8 Å². The standard InChI is InChI=1S/C14H22N2O2/c1-4-16-13(17)8-9-18-14-11(2)6-5-7-12(14)10-15-3/h5-7,15H,4,8-10H2,1-3H3,(H,16,17). The fourth-order valence-corrected chi connectivity index (χ4v) is 1.78. The second kappa shape index (κ2) is 7.71. The minimum atomic E-state index is 0.0289. The molecule has 4 heteroatoms. The fraction of sp³-hybridized carbons (Fsp3) is 0.500. The molecule has 0 aliphatic rings. The van der Waals surface area contributed by atoms with Crippen molar-refractivity contribution in [1.29, 1.82) is 0 Å². The van der Waals surface area contributed by atoms with Crippen LogP contribution >= 0.6 is 0 Å². The Labute approximate surface area is 109 Å². The van der Waals surface area contributed by atoms with Crippen molar-refractivity contribution in [3.05, 3.63) is 29.3 Å². The Balaban J connectivity index is 2.57. The summed E-state index contributed by atoms with van der Waals surface area (Å²) in [4.78, 5) is 11.3. The predicted octanol–water partition coefficient (Wildman–Crippen LogP) is 1.62. The van der Waals surface area contributed by atoms with Gasteiger partial charge in [0.25, 0.3) is 0 Å². The number of ether oxygens (including phenoxy) is 1. The van der Waals surface area contributed by atoms with Crippen LogP contribution in [0.25, 0.3) is 0 Å². The average Bonchev–Trinajstić information content (AvgIpc) is 2.33. The van der Waals surface area contributed by atoms with Gasteiger partial charge in [-0.3, -0.25) is 4.79 Å². The molecule has 0 bridgehead atoms. The highest BCUT2D eigenvalue weighted by Gasteiger charge is 2.07. The Kier molecular flexibility index (Phi) is 6.22. The molecule has 0 aliphatic heterocycles. The molecule has 4 nitrogen and oxygen atoms in total. The van der Waals surface area contributed by atoms with Gasteiger partial charge in [-0.2, -0.15) is 0 Å². The maximum Gasteiger partial charge on any atom is 0.223 e. The highest BCUT2D eigenvalue weighted by atomic mass is 16.5. The minimum absolute atomic E-state index is 0.0289. The number of benzene rings is 1. The zero-order valence-corrected chi connectivity index (χ0v) is 11.4. The summed E-state index contributed by atoms with van der Waals surface area (Å²) < 4.78 is 5.74. The van der Waals surface area contributed by atoms with Gasteiger partial charge in [0.2, 0.25) is 5.91 Å². The van der Waals surface area contributed by atoms with E-state index in [0.29, 0.717) is 19.6 Å². The number of carbonyl (C=O) groups excluding carboxylic acids is 1. The van der Waals surface area contributed by atoms with Crippen molar-refractivity contribution in [3.8, 4) is 5.75 Å². The maximum atomic E-state index is 11.3. The van der Waals surface area contributed by atoms with Crippen molar-refractivity contribution in [2.75, 3.05) is 20.2 Å². The first kappa shape index (κ1) is 14.5. The van der Waals surface area contributed by atoms with E-state index < -0.39 is 0 Å². The molecular formula is C14H22N2O2. The molecule has 2 N–H and O–H groups in total. The molecule has 0 unspecified atom stereocenters. The lowest BCUT2D eigenvalue weighted by molar-refractivity contribution is -0.121. The molecule has 0 spiro atoms. The smallest absolute Gasteiger partial charge is 0.223 e. The van der Waals surface area contributed by atoms with Gasteiger partial charge in [0.15, 0.2) is 0 Å². The molecule has 1 rings (SSSR count). The van der Waals surface area contributed by atoms with Gasteiger partial charge < -0.3 is 15.4 Å². The molecule has 0 heterocycles. The van der Waals surface area contributed by atoms with Crippen LogP contribution < -0.4 is 15.4 Å². The Morgan fingerprint density at radius 3 is 2.83 bits per heavy atom. The Hall–Kier alpha value is -1.55. The summed E-state index contributed by atoms with van der Waals surface area (Å²) >= 11 is 0. The van der Waals surface area contributed by atoms with Crippen LogP contribution in [0.2, 0.25) is 0 Å². The first-order valence-corrected chi connectivity index (χ1v) is 6.31. The van der Waals surface area contributed by atoms with Gasteiger partial charge in [0.1, 0.15) is 5.75 Å². The molecule has 0 saturated carbocycles. The third kappa shape index (κ3) is 4.37. The SMILES string of the molecule is CCNC(=O)CCOc1c(C)cccc1CNC. The third-order valence-corrected chi connectivity index (χ3v) is 2.61. The first-order chi connectivity index (χ1) is 8.69. The summed E-state index contributed by atoms with van der Waals surface area (Å²) in [5.41, 5.74) is 2.21. The summed E-state index contributed by atoms with van der Waals surface area (Å²) in [5, 5.41) is 5.87. The molecule has 0 aliphatic carbocycles. The molecule has 100 valence electrons. The van der Waals surface area contributed by atoms with Crippen LogP contribution in [-0.4, -0.2) is 26.1 Å². The second-order valence-electron chi connectivity index (χ2n) is 4.15. The van der Waals surface area contributed by atoms with Crippen molar-refractivity contribution < 1.29 is 9.53 Å². The molecule has 0 fully saturated rings. The lowest BCUT2D eigenvalue weighted by Gasteiger charge is -2.13. The summed E-state index contributed by atoms with van der Waals surface area (Å²) in [6.45, 7) is 5.76. The van der Waals surface area contributed by atoms with Crippen molar-refractivity contribution >= 4 is 5.91 Å². The van der Waals surface area contributed by atoms with E-state index in [9.17, 15) is 4.79 Å². The van der Waals surface area contributed by atoms with E-state index in [-0.39, 0.29) is 5.91 Å². The van der Waals surface area contributed by atoms with Gasteiger partial charge in [0.05, 0.1) is 13.0 Å². The average molecular weight is 250 g/mol. The Bertz CT molecular complexity index is 391. The van der Waals surface area contributed by atoms with Gasteiger partial charge in [-0.15, -0.1) is 0 Å². The van der Waals surface area contributed by atoms with Crippen LogP contribution in [0.1, 0.15) is 24.5 Å². The first-order valence-electron chi connectivity index (χ1n) is 6.31. The lowest BCUT2D eigenvalue weighted by atomic mass is 10.1. The molecule has 1 aromatic carbocycles. The Morgan fingerprint density at radius 2 is 2.17 bits per heavy atom. The number of nitrogens with one attached hydrogen (secondary N) is 2. The molecular weight excluding hydrogens is 228 g/mol. The van der Waals surface area contributed by atoms with E-state index in [1.807, 2.05) is 39.1 Å². The van der Waals surface area contributed by atoms with Gasteiger partial charge >= 0.3 is 0 Å². The van der Waals surface area contributed by atoms with Crippen molar-refractivity contribution in [2.24, 2.45) is 0 Å². The fourth-order valence-electron chi connectivity index (χ4n) is 1.78. The third-order valence-electron chi connectivity index (χ3n) is 2.61. The number of hydrogen-bond donors (Lipinski definition) is 2. The van der Waals surface area contributed by atoms with Crippen molar-refractivity contribution in [1.82, 2.24) is 10.6 Å². The van der Waals surface area contributed by atoms with Gasteiger partial charge in [-0.1, -0.05) is 18.2 Å². The normalized spacial score (nSPS) is 10.2. The summed E-state index contributed by atoms with van der Waals surface area (Å²) in [7, 11) is 1.90. The van der Waals surface area contributed by atoms with Crippen LogP contribution in [0.15, 0.2) is 18.2 Å². The number of para-hydroxylation sites is 1. The minimum Gasteiger partial charge on any atom is -0.492 e. The number of aryl methyl sites for hydroxylation is 1. The quantitative estimate of drug-likeness (QED) is 0.773. The lowest BCUT2D eigenvalue weighted by Crippen LogP contribution is -2.24. The highest BCUT2D eigenvalue weighted by Crippen LogP contribution is 2.23. The van der Waals surface area contributed by atoms with Crippen LogP contribution in [0.4, 0.5) is 0 Å². The Morgan fingerprint density at radius 1 is 1.39 bits per heavy atom. The van der Waals surface area contributed by atoms with Crippen LogP contribution in [0.5, 0.6) is 5.75 Å². The second-order valence-corrected chi connectivity index (χ2v) is 4.15. The van der Waals surface area contributed by atoms with Crippen LogP contribution in [0.3, 0.4) is 0 Å². The molecule has 0 atom stereocenters. The van der Waals surface area contributed by atoms with E-state index in [0.717, 1.165) is 23.4 Å². The van der Waals surface area contributed by atoms with E-state index in [2.05, 4.69) is 10.6 Å². The molecule has 0 aromatic heterocycles. The van der Waals surface area contributed by atoms with E-state index in [1.54, 1.807) is 0 Å². The number of carbonyl (C=O) groups is 1. The zero-order valence-electron chi connectivity index (χ0n) is 11.4. The van der Waals surface area contributed by atoms with Gasteiger partial charge in [-0.25, -0.2) is 0 Å². The highest BCUT2D eigenvalue weighted by molar-refractivity contribution is 5.75. The van der Waals surface area contributed by atoms with Crippen LogP contribution in [-0.2, 0) is 11.3 Å². The number of rotatable bonds is 7. The molecule has 0 saturated heterocycles. The largest absolute Gasteiger partial charge is 0.492 e. The number of amides is 1. The number of hydrogen-bond acceptors (Lipinski definition) is 3. The summed E-state index contributed by atoms with van der Waals surface area (Å²) in [6.07, 6.45) is 0.390. The van der Waals surface area contributed by atoms with Gasteiger partial charge in [0, 0.05) is 18.7 Å². The van der Waals surface area contributed by atoms with E-state index in [4.69, 9.17) is 4.74 Å². The van der Waals surface area contributed by atoms with Gasteiger partial charge in [-0.05, 0) is 26.5 Å². The van der Waals surface area contributed by atoms with Crippen LogP contribution in [0, 0.1) is 6.92 Å². The summed E-state index contributed by atoms with van der Waals surface area (Å²) in [5.74, 6) is 0.914. The predicted molar refractivity (Wildman–Crippen MR) is 72.7 cm³/mol. The summed E-state index contributed by atoms with van der Waals surface area (Å²) in [6, 6.07) is 6.06. The maximum absolute atomic E-state index is 11.3. The van der Waals surface area contributed by atoms with Crippen molar-refractivity contribution in [3.63, 3.8) is 0 Å². The molecule has 18 heavy (non-hydrogen) atoms. The zero-order chi connectivity index (χ0) is 13.4. The molecule has 1 amide bonds. The monoisotopic (exact) mass is 250 g/mol. The van der Waals surface area contributed by atoms with E-state index in [1.165, 1.54) is 0 Å². The topological polar surface area (TPSA) is 50.4 Å².